The van der Waals surface area contributed by atoms with Gasteiger partial charge in [-0.25, -0.2) is 13.1 Å². The summed E-state index contributed by atoms with van der Waals surface area (Å²) >= 11 is 0. The van der Waals surface area contributed by atoms with Crippen LogP contribution in [0.4, 0.5) is 13.2 Å². The van der Waals surface area contributed by atoms with Gasteiger partial charge in [-0.05, 0) is 37.7 Å². The Labute approximate surface area is 137 Å². The second kappa shape index (κ2) is 6.69. The molecule has 1 heterocycles. The van der Waals surface area contributed by atoms with Crippen LogP contribution >= 0.6 is 0 Å². The molecule has 134 valence electrons. The Morgan fingerprint density at radius 1 is 1.29 bits per heavy atom. The first kappa shape index (κ1) is 18.7. The number of sulfonamides is 1. The Hall–Kier alpha value is -1.65. The first-order valence-electron chi connectivity index (χ1n) is 7.02. The molecule has 0 unspecified atom stereocenters. The molecule has 0 spiro atoms. The minimum absolute atomic E-state index is 0.225. The van der Waals surface area contributed by atoms with Gasteiger partial charge < -0.3 is 4.74 Å². The number of likely N-dealkylation sites (N-methyl/N-ethyl adjacent to an activating group) is 1. The predicted octanol–water partition coefficient (Wildman–Crippen LogP) is 1.23. The molecule has 2 rings (SSSR count). The van der Waals surface area contributed by atoms with Crippen LogP contribution in [0.2, 0.25) is 0 Å². The number of likely N-dealkylation sites (tertiary alicyclic amines) is 1. The van der Waals surface area contributed by atoms with Crippen LogP contribution in [0.15, 0.2) is 29.2 Å². The van der Waals surface area contributed by atoms with Crippen molar-refractivity contribution in [2.24, 2.45) is 0 Å². The normalized spacial score (nSPS) is 22.5. The molecule has 24 heavy (non-hydrogen) atoms. The van der Waals surface area contributed by atoms with Crippen LogP contribution in [0, 0.1) is 0 Å². The third-order valence-electron chi connectivity index (χ3n) is 3.84. The molecule has 1 aliphatic heterocycles. The van der Waals surface area contributed by atoms with Crippen molar-refractivity contribution in [1.29, 1.82) is 0 Å². The largest absolute Gasteiger partial charge is 0.468 e. The number of rotatable bonds is 4. The molecule has 0 radical (unpaired) electrons. The first-order valence-corrected chi connectivity index (χ1v) is 8.50. The van der Waals surface area contributed by atoms with Crippen LogP contribution in [-0.2, 0) is 25.7 Å². The smallest absolute Gasteiger partial charge is 0.416 e. The number of alkyl halides is 3. The number of nitrogens with zero attached hydrogens (tertiary/aromatic N) is 1. The van der Waals surface area contributed by atoms with E-state index >= 15 is 0 Å². The lowest BCUT2D eigenvalue weighted by Gasteiger charge is -2.15. The first-order chi connectivity index (χ1) is 11.0. The second-order valence-corrected chi connectivity index (χ2v) is 7.27. The average molecular weight is 366 g/mol. The van der Waals surface area contributed by atoms with Crippen molar-refractivity contribution in [3.63, 3.8) is 0 Å². The molecule has 1 N–H and O–H groups in total. The van der Waals surface area contributed by atoms with E-state index in [0.29, 0.717) is 18.7 Å². The second-order valence-electron chi connectivity index (χ2n) is 5.55. The standard InChI is InChI=1S/C14H17F3N2O4S/c1-19-8-10(7-12(19)13(20)23-2)18-24(21,22)11-5-3-9(4-6-11)14(15,16)17/h3-6,10,12,18H,7-8H2,1-2H3/t10-,12+/m1/s1. The Balaban J connectivity index is 2.11. The summed E-state index contributed by atoms with van der Waals surface area (Å²) in [4.78, 5) is 13.0. The van der Waals surface area contributed by atoms with Gasteiger partial charge in [-0.15, -0.1) is 0 Å². The summed E-state index contributed by atoms with van der Waals surface area (Å²) in [6, 6.07) is 2.14. The topological polar surface area (TPSA) is 75.7 Å². The van der Waals surface area contributed by atoms with E-state index in [1.807, 2.05) is 0 Å². The maximum atomic E-state index is 12.5. The summed E-state index contributed by atoms with van der Waals surface area (Å²) in [6.07, 6.45) is -4.30. The van der Waals surface area contributed by atoms with E-state index in [2.05, 4.69) is 9.46 Å². The molecule has 0 amide bonds. The highest BCUT2D eigenvalue weighted by Crippen LogP contribution is 2.29. The Morgan fingerprint density at radius 2 is 1.88 bits per heavy atom. The average Bonchev–Trinajstić information content (AvgIpc) is 2.85. The van der Waals surface area contributed by atoms with Gasteiger partial charge in [-0.1, -0.05) is 0 Å². The van der Waals surface area contributed by atoms with Crippen molar-refractivity contribution in [3.05, 3.63) is 29.8 Å². The molecule has 0 bridgehead atoms. The number of carbonyl (C=O) groups excluding carboxylic acids is 1. The number of halogens is 3. The minimum Gasteiger partial charge on any atom is -0.468 e. The van der Waals surface area contributed by atoms with E-state index in [9.17, 15) is 26.4 Å². The lowest BCUT2D eigenvalue weighted by Crippen LogP contribution is -2.36. The van der Waals surface area contributed by atoms with Crippen LogP contribution < -0.4 is 4.72 Å². The van der Waals surface area contributed by atoms with Crippen molar-refractivity contribution in [2.75, 3.05) is 20.7 Å². The number of benzene rings is 1. The Morgan fingerprint density at radius 3 is 2.38 bits per heavy atom. The minimum atomic E-state index is -4.53. The van der Waals surface area contributed by atoms with Crippen molar-refractivity contribution in [3.8, 4) is 0 Å². The van der Waals surface area contributed by atoms with Gasteiger partial charge in [-0.2, -0.15) is 13.2 Å². The fourth-order valence-corrected chi connectivity index (χ4v) is 3.85. The third-order valence-corrected chi connectivity index (χ3v) is 5.37. The number of hydrogen-bond acceptors (Lipinski definition) is 5. The van der Waals surface area contributed by atoms with Crippen LogP contribution in [0.3, 0.4) is 0 Å². The van der Waals surface area contributed by atoms with E-state index < -0.39 is 39.8 Å². The van der Waals surface area contributed by atoms with Crippen molar-refractivity contribution in [2.45, 2.75) is 29.6 Å². The fourth-order valence-electron chi connectivity index (χ4n) is 2.61. The van der Waals surface area contributed by atoms with Crippen LogP contribution in [0.25, 0.3) is 0 Å². The van der Waals surface area contributed by atoms with Crippen LogP contribution in [0.1, 0.15) is 12.0 Å². The van der Waals surface area contributed by atoms with Gasteiger partial charge in [0.2, 0.25) is 10.0 Å². The summed E-state index contributed by atoms with van der Waals surface area (Å²) in [7, 11) is -1.07. The number of nitrogens with one attached hydrogen (secondary N) is 1. The molecule has 1 aromatic carbocycles. The molecule has 0 aromatic heterocycles. The number of carbonyl (C=O) groups is 1. The van der Waals surface area contributed by atoms with E-state index in [1.54, 1.807) is 11.9 Å². The van der Waals surface area contributed by atoms with E-state index in [4.69, 9.17) is 0 Å². The van der Waals surface area contributed by atoms with Gasteiger partial charge >= 0.3 is 12.1 Å². The lowest BCUT2D eigenvalue weighted by molar-refractivity contribution is -0.145. The molecule has 6 nitrogen and oxygen atoms in total. The summed E-state index contributed by atoms with van der Waals surface area (Å²) in [5.41, 5.74) is -0.923. The summed E-state index contributed by atoms with van der Waals surface area (Å²) < 4.78 is 69.2. The molecular formula is C14H17F3N2O4S. The zero-order valence-electron chi connectivity index (χ0n) is 13.0. The molecule has 2 atom stereocenters. The van der Waals surface area contributed by atoms with Gasteiger partial charge in [0, 0.05) is 12.6 Å². The SMILES string of the molecule is COC(=O)[C@@H]1C[C@@H](NS(=O)(=O)c2ccc(C(F)(F)F)cc2)CN1C. The van der Waals surface area contributed by atoms with E-state index in [1.165, 1.54) is 7.11 Å². The van der Waals surface area contributed by atoms with Crippen LogP contribution in [0.5, 0.6) is 0 Å². The zero-order chi connectivity index (χ0) is 18.1. The summed E-state index contributed by atoms with van der Waals surface area (Å²) in [6.45, 7) is 0.291. The van der Waals surface area contributed by atoms with Gasteiger partial charge in [0.25, 0.3) is 0 Å². The summed E-state index contributed by atoms with van der Waals surface area (Å²) in [5, 5.41) is 0. The van der Waals surface area contributed by atoms with Gasteiger partial charge in [0.15, 0.2) is 0 Å². The van der Waals surface area contributed by atoms with Gasteiger partial charge in [0.1, 0.15) is 6.04 Å². The molecule has 1 aromatic rings. The van der Waals surface area contributed by atoms with Gasteiger partial charge in [-0.3, -0.25) is 9.69 Å². The zero-order valence-corrected chi connectivity index (χ0v) is 13.8. The maximum absolute atomic E-state index is 12.5. The molecule has 1 fully saturated rings. The Bertz CT molecular complexity index is 704. The molecule has 0 aliphatic carbocycles. The van der Waals surface area contributed by atoms with E-state index in [0.717, 1.165) is 12.1 Å². The number of ether oxygens (including phenoxy) is 1. The molecule has 1 aliphatic rings. The number of methoxy groups -OCH3 is 1. The third kappa shape index (κ3) is 4.05. The fraction of sp³-hybridized carbons (Fsp3) is 0.500. The molecule has 0 saturated carbocycles. The molecular weight excluding hydrogens is 349 g/mol. The predicted molar refractivity (Wildman–Crippen MR) is 78.6 cm³/mol. The van der Waals surface area contributed by atoms with Crippen molar-refractivity contribution >= 4 is 16.0 Å². The monoisotopic (exact) mass is 366 g/mol. The highest BCUT2D eigenvalue weighted by Gasteiger charge is 2.37. The highest BCUT2D eigenvalue weighted by molar-refractivity contribution is 7.89. The van der Waals surface area contributed by atoms with E-state index in [-0.39, 0.29) is 11.3 Å². The lowest BCUT2D eigenvalue weighted by atomic mass is 10.2. The summed E-state index contributed by atoms with van der Waals surface area (Å²) in [5.74, 6) is -0.464. The molecule has 1 saturated heterocycles. The quantitative estimate of drug-likeness (QED) is 0.812. The maximum Gasteiger partial charge on any atom is 0.416 e. The number of esters is 1. The van der Waals surface area contributed by atoms with Crippen molar-refractivity contribution in [1.82, 2.24) is 9.62 Å². The van der Waals surface area contributed by atoms with Crippen LogP contribution in [-0.4, -0.2) is 52.1 Å². The molecule has 10 heteroatoms. The van der Waals surface area contributed by atoms with Crippen molar-refractivity contribution < 1.29 is 31.1 Å². The highest BCUT2D eigenvalue weighted by atomic mass is 32.2. The Kier molecular flexibility index (Phi) is 5.21. The number of hydrogen-bond donors (Lipinski definition) is 1. The van der Waals surface area contributed by atoms with Gasteiger partial charge in [0.05, 0.1) is 17.6 Å².